The number of ether oxygens (including phenoxy) is 2. The van der Waals surface area contributed by atoms with Gasteiger partial charge in [-0.25, -0.2) is 0 Å². The van der Waals surface area contributed by atoms with Crippen LogP contribution < -0.4 is 14.8 Å². The summed E-state index contributed by atoms with van der Waals surface area (Å²) in [4.78, 5) is 12.1. The SMILES string of the molecule is O=C(NCC1(CO)CCC1)c1ccc2c(c1)OCO2. The van der Waals surface area contributed by atoms with Gasteiger partial charge in [0, 0.05) is 17.5 Å². The molecule has 0 aromatic heterocycles. The van der Waals surface area contributed by atoms with Crippen molar-refractivity contribution in [2.45, 2.75) is 19.3 Å². The second-order valence-corrected chi connectivity index (χ2v) is 5.26. The van der Waals surface area contributed by atoms with E-state index in [1.165, 1.54) is 0 Å². The van der Waals surface area contributed by atoms with Crippen LogP contribution in [0, 0.1) is 5.41 Å². The van der Waals surface area contributed by atoms with Crippen LogP contribution in [0.1, 0.15) is 29.6 Å². The van der Waals surface area contributed by atoms with Crippen molar-refractivity contribution in [3.05, 3.63) is 23.8 Å². The second kappa shape index (κ2) is 4.74. The summed E-state index contributed by atoms with van der Waals surface area (Å²) in [6, 6.07) is 5.14. The largest absolute Gasteiger partial charge is 0.454 e. The highest BCUT2D eigenvalue weighted by Gasteiger charge is 2.36. The quantitative estimate of drug-likeness (QED) is 0.859. The third-order valence-electron chi connectivity index (χ3n) is 4.01. The number of aliphatic hydroxyl groups excluding tert-OH is 1. The summed E-state index contributed by atoms with van der Waals surface area (Å²) in [5.41, 5.74) is 0.447. The van der Waals surface area contributed by atoms with Crippen LogP contribution in [0.3, 0.4) is 0 Å². The molecule has 1 amide bonds. The molecule has 102 valence electrons. The van der Waals surface area contributed by atoms with Crippen molar-refractivity contribution in [3.8, 4) is 11.5 Å². The van der Waals surface area contributed by atoms with E-state index >= 15 is 0 Å². The van der Waals surface area contributed by atoms with E-state index in [0.717, 1.165) is 19.3 Å². The zero-order valence-corrected chi connectivity index (χ0v) is 10.6. The Morgan fingerprint density at radius 1 is 1.32 bits per heavy atom. The van der Waals surface area contributed by atoms with Crippen molar-refractivity contribution in [1.29, 1.82) is 0 Å². The number of hydrogen-bond donors (Lipinski definition) is 2. The maximum absolute atomic E-state index is 12.1. The first-order valence-corrected chi connectivity index (χ1v) is 6.51. The molecule has 1 heterocycles. The highest BCUT2D eigenvalue weighted by molar-refractivity contribution is 5.94. The van der Waals surface area contributed by atoms with Gasteiger partial charge in [-0.1, -0.05) is 6.42 Å². The van der Waals surface area contributed by atoms with Gasteiger partial charge in [-0.05, 0) is 31.0 Å². The number of benzene rings is 1. The van der Waals surface area contributed by atoms with Gasteiger partial charge in [-0.3, -0.25) is 4.79 Å². The molecule has 19 heavy (non-hydrogen) atoms. The summed E-state index contributed by atoms with van der Waals surface area (Å²) in [7, 11) is 0. The lowest BCUT2D eigenvalue weighted by Crippen LogP contribution is -2.44. The number of hydrogen-bond acceptors (Lipinski definition) is 4. The predicted molar refractivity (Wildman–Crippen MR) is 68.3 cm³/mol. The molecule has 1 saturated carbocycles. The van der Waals surface area contributed by atoms with Gasteiger partial charge in [-0.2, -0.15) is 0 Å². The van der Waals surface area contributed by atoms with E-state index in [4.69, 9.17) is 9.47 Å². The molecular weight excluding hydrogens is 246 g/mol. The topological polar surface area (TPSA) is 67.8 Å². The fourth-order valence-electron chi connectivity index (χ4n) is 2.48. The molecule has 5 nitrogen and oxygen atoms in total. The van der Waals surface area contributed by atoms with Crippen LogP contribution in [0.2, 0.25) is 0 Å². The molecule has 0 unspecified atom stereocenters. The molecule has 1 fully saturated rings. The Labute approximate surface area is 111 Å². The molecule has 0 atom stereocenters. The average Bonchev–Trinajstić information content (AvgIpc) is 2.84. The summed E-state index contributed by atoms with van der Waals surface area (Å²) < 4.78 is 10.5. The van der Waals surface area contributed by atoms with E-state index in [-0.39, 0.29) is 24.7 Å². The number of carbonyl (C=O) groups excluding carboxylic acids is 1. The van der Waals surface area contributed by atoms with Crippen LogP contribution in [0.5, 0.6) is 11.5 Å². The van der Waals surface area contributed by atoms with E-state index in [1.807, 2.05) is 0 Å². The van der Waals surface area contributed by atoms with Crippen LogP contribution in [0.25, 0.3) is 0 Å². The molecule has 0 bridgehead atoms. The Balaban J connectivity index is 1.64. The predicted octanol–water partition coefficient (Wildman–Crippen LogP) is 1.31. The first-order valence-electron chi connectivity index (χ1n) is 6.51. The number of aliphatic hydroxyl groups is 1. The molecule has 1 aliphatic heterocycles. The van der Waals surface area contributed by atoms with E-state index in [2.05, 4.69) is 5.32 Å². The smallest absolute Gasteiger partial charge is 0.251 e. The Morgan fingerprint density at radius 3 is 2.79 bits per heavy atom. The van der Waals surface area contributed by atoms with Crippen LogP contribution in [0.4, 0.5) is 0 Å². The number of nitrogens with one attached hydrogen (secondary N) is 1. The summed E-state index contributed by atoms with van der Waals surface area (Å²) in [5, 5.41) is 12.2. The van der Waals surface area contributed by atoms with Gasteiger partial charge >= 0.3 is 0 Å². The van der Waals surface area contributed by atoms with Crippen LogP contribution in [-0.2, 0) is 0 Å². The standard InChI is InChI=1S/C14H17NO4/c16-8-14(4-1-5-14)7-15-13(17)10-2-3-11-12(6-10)19-9-18-11/h2-3,6,16H,1,4-5,7-9H2,(H,15,17). The lowest BCUT2D eigenvalue weighted by atomic mass is 9.69. The van der Waals surface area contributed by atoms with E-state index in [0.29, 0.717) is 23.6 Å². The zero-order chi connectivity index (χ0) is 13.3. The maximum atomic E-state index is 12.1. The molecule has 2 N–H and O–H groups in total. The minimum atomic E-state index is -0.141. The van der Waals surface area contributed by atoms with Gasteiger partial charge in [0.2, 0.25) is 6.79 Å². The van der Waals surface area contributed by atoms with Crippen molar-refractivity contribution in [2.75, 3.05) is 19.9 Å². The highest BCUT2D eigenvalue weighted by Crippen LogP contribution is 2.39. The highest BCUT2D eigenvalue weighted by atomic mass is 16.7. The molecule has 1 aliphatic carbocycles. The van der Waals surface area contributed by atoms with E-state index in [1.54, 1.807) is 18.2 Å². The van der Waals surface area contributed by atoms with Crippen molar-refractivity contribution in [3.63, 3.8) is 0 Å². The number of carbonyl (C=O) groups is 1. The third-order valence-corrected chi connectivity index (χ3v) is 4.01. The van der Waals surface area contributed by atoms with Crippen molar-refractivity contribution < 1.29 is 19.4 Å². The zero-order valence-electron chi connectivity index (χ0n) is 10.6. The normalized spacial score (nSPS) is 18.8. The third kappa shape index (κ3) is 2.26. The minimum Gasteiger partial charge on any atom is -0.454 e. The number of rotatable bonds is 4. The number of amides is 1. The van der Waals surface area contributed by atoms with Crippen molar-refractivity contribution in [2.24, 2.45) is 5.41 Å². The fourth-order valence-corrected chi connectivity index (χ4v) is 2.48. The van der Waals surface area contributed by atoms with E-state index in [9.17, 15) is 9.90 Å². The second-order valence-electron chi connectivity index (χ2n) is 5.26. The van der Waals surface area contributed by atoms with Gasteiger partial charge < -0.3 is 19.9 Å². The minimum absolute atomic E-state index is 0.105. The van der Waals surface area contributed by atoms with Gasteiger partial charge in [0.05, 0.1) is 6.61 Å². The molecule has 5 heteroatoms. The van der Waals surface area contributed by atoms with Gasteiger partial charge in [-0.15, -0.1) is 0 Å². The summed E-state index contributed by atoms with van der Waals surface area (Å²) >= 11 is 0. The van der Waals surface area contributed by atoms with E-state index < -0.39 is 0 Å². The van der Waals surface area contributed by atoms with Gasteiger partial charge in [0.15, 0.2) is 11.5 Å². The Morgan fingerprint density at radius 2 is 2.11 bits per heavy atom. The first kappa shape index (κ1) is 12.3. The molecule has 0 saturated heterocycles. The summed E-state index contributed by atoms with van der Waals surface area (Å²) in [6.07, 6.45) is 3.08. The van der Waals surface area contributed by atoms with Crippen LogP contribution in [0.15, 0.2) is 18.2 Å². The Hall–Kier alpha value is -1.75. The average molecular weight is 263 g/mol. The molecule has 2 aliphatic rings. The number of fused-ring (bicyclic) bond motifs is 1. The van der Waals surface area contributed by atoms with Crippen LogP contribution in [-0.4, -0.2) is 31.0 Å². The molecule has 1 aromatic rings. The molecule has 0 radical (unpaired) electrons. The Bertz CT molecular complexity index is 491. The van der Waals surface area contributed by atoms with Gasteiger partial charge in [0.1, 0.15) is 0 Å². The van der Waals surface area contributed by atoms with Crippen LogP contribution >= 0.6 is 0 Å². The molecule has 1 aromatic carbocycles. The molecule has 3 rings (SSSR count). The lowest BCUT2D eigenvalue weighted by molar-refractivity contribution is 0.0429. The molecular formula is C14H17NO4. The molecule has 0 spiro atoms. The summed E-state index contributed by atoms with van der Waals surface area (Å²) in [6.45, 7) is 0.860. The maximum Gasteiger partial charge on any atom is 0.251 e. The van der Waals surface area contributed by atoms with Gasteiger partial charge in [0.25, 0.3) is 5.91 Å². The summed E-state index contributed by atoms with van der Waals surface area (Å²) in [5.74, 6) is 1.13. The Kier molecular flexibility index (Phi) is 3.06. The van der Waals surface area contributed by atoms with Crippen molar-refractivity contribution in [1.82, 2.24) is 5.32 Å². The first-order chi connectivity index (χ1) is 9.22. The monoisotopic (exact) mass is 263 g/mol. The van der Waals surface area contributed by atoms with Crippen molar-refractivity contribution >= 4 is 5.91 Å². The lowest BCUT2D eigenvalue weighted by Gasteiger charge is -2.40. The fraction of sp³-hybridized carbons (Fsp3) is 0.500.